The van der Waals surface area contributed by atoms with Gasteiger partial charge in [-0.15, -0.1) is 0 Å². The lowest BCUT2D eigenvalue weighted by atomic mass is 9.99. The number of halogens is 1. The van der Waals surface area contributed by atoms with Crippen LogP contribution in [0.2, 0.25) is 0 Å². The van der Waals surface area contributed by atoms with Crippen molar-refractivity contribution in [1.29, 1.82) is 0 Å². The highest BCUT2D eigenvalue weighted by Crippen LogP contribution is 2.36. The zero-order valence-corrected chi connectivity index (χ0v) is 21.5. The van der Waals surface area contributed by atoms with Crippen molar-refractivity contribution in [2.45, 2.75) is 35.4 Å². The van der Waals surface area contributed by atoms with Gasteiger partial charge in [-0.2, -0.15) is 5.10 Å². The van der Waals surface area contributed by atoms with E-state index in [-0.39, 0.29) is 42.7 Å². The quantitative estimate of drug-likeness (QED) is 0.467. The van der Waals surface area contributed by atoms with Crippen LogP contribution in [0.15, 0.2) is 59.5 Å². The predicted octanol–water partition coefficient (Wildman–Crippen LogP) is 3.21. The zero-order valence-electron chi connectivity index (χ0n) is 20.7. The van der Waals surface area contributed by atoms with E-state index in [0.29, 0.717) is 22.5 Å². The Kier molecular flexibility index (Phi) is 7.47. The molecule has 1 atom stereocenters. The molecule has 0 aliphatic carbocycles. The van der Waals surface area contributed by atoms with Gasteiger partial charge in [-0.3, -0.25) is 14.3 Å². The van der Waals surface area contributed by atoms with Gasteiger partial charge < -0.3 is 14.8 Å². The molecule has 196 valence electrons. The minimum Gasteiger partial charge on any atom is -0.468 e. The first-order valence-electron chi connectivity index (χ1n) is 11.7. The number of amides is 1. The molecule has 4 rings (SSSR count). The van der Waals surface area contributed by atoms with Crippen LogP contribution in [-0.4, -0.2) is 55.1 Å². The van der Waals surface area contributed by atoms with Crippen molar-refractivity contribution in [3.8, 4) is 11.3 Å². The number of nitrogens with one attached hydrogen (secondary N) is 1. The van der Waals surface area contributed by atoms with Crippen LogP contribution in [0.5, 0.6) is 0 Å². The van der Waals surface area contributed by atoms with Crippen LogP contribution in [0.3, 0.4) is 0 Å². The van der Waals surface area contributed by atoms with Crippen molar-refractivity contribution in [2.24, 2.45) is 7.05 Å². The summed E-state index contributed by atoms with van der Waals surface area (Å²) in [6.07, 6.45) is 0.0294. The lowest BCUT2D eigenvalue weighted by Gasteiger charge is -2.33. The van der Waals surface area contributed by atoms with E-state index in [1.807, 2.05) is 0 Å². The van der Waals surface area contributed by atoms with E-state index in [2.05, 4.69) is 10.4 Å². The summed E-state index contributed by atoms with van der Waals surface area (Å²) in [5.74, 6) is -1.53. The average Bonchev–Trinajstić information content (AvgIpc) is 3.30. The van der Waals surface area contributed by atoms with Crippen LogP contribution in [0.4, 0.5) is 4.39 Å². The summed E-state index contributed by atoms with van der Waals surface area (Å²) in [4.78, 5) is 25.5. The second kappa shape index (κ2) is 10.4. The van der Waals surface area contributed by atoms with Gasteiger partial charge in [0.15, 0.2) is 14.6 Å². The minimum atomic E-state index is -4.05. The monoisotopic (exact) mass is 529 g/mol. The standard InChI is InChI=1S/C26H28FN3O6S/c1-17(28-24(31)23-16-22(29-30(23)2)19-4-8-20(27)9-5-19)18-6-10-21(11-7-18)37(33,34)26(25(32)35-3)12-14-36-15-13-26/h4-11,16-17H,12-15H2,1-3H3,(H,28,31)/t17-/m1/s1. The predicted molar refractivity (Wildman–Crippen MR) is 133 cm³/mol. The van der Waals surface area contributed by atoms with E-state index in [4.69, 9.17) is 9.47 Å². The van der Waals surface area contributed by atoms with Crippen LogP contribution < -0.4 is 5.32 Å². The van der Waals surface area contributed by atoms with Gasteiger partial charge in [-0.25, -0.2) is 12.8 Å². The zero-order chi connectivity index (χ0) is 26.8. The van der Waals surface area contributed by atoms with Crippen LogP contribution in [-0.2, 0) is 31.2 Å². The molecule has 1 saturated heterocycles. The molecule has 1 fully saturated rings. The third-order valence-corrected chi connectivity index (χ3v) is 9.16. The highest BCUT2D eigenvalue weighted by molar-refractivity contribution is 7.93. The first kappa shape index (κ1) is 26.5. The molecule has 1 amide bonds. The lowest BCUT2D eigenvalue weighted by molar-refractivity contribution is -0.146. The Hall–Kier alpha value is -3.57. The number of carbonyl (C=O) groups excluding carboxylic acids is 2. The minimum absolute atomic E-state index is 0.00218. The van der Waals surface area contributed by atoms with Crippen molar-refractivity contribution < 1.29 is 31.9 Å². The second-order valence-electron chi connectivity index (χ2n) is 8.91. The summed E-state index contributed by atoms with van der Waals surface area (Å²) >= 11 is 0. The number of aromatic nitrogens is 2. The highest BCUT2D eigenvalue weighted by Gasteiger charge is 2.53. The Morgan fingerprint density at radius 2 is 1.73 bits per heavy atom. The highest BCUT2D eigenvalue weighted by atomic mass is 32.2. The average molecular weight is 530 g/mol. The molecule has 2 aromatic carbocycles. The van der Waals surface area contributed by atoms with Gasteiger partial charge in [0.2, 0.25) is 0 Å². The summed E-state index contributed by atoms with van der Waals surface area (Å²) < 4.78 is 50.0. The Bertz CT molecular complexity index is 1400. The Balaban J connectivity index is 1.51. The van der Waals surface area contributed by atoms with Gasteiger partial charge in [-0.05, 0) is 55.0 Å². The molecule has 1 aliphatic rings. The molecule has 9 nitrogen and oxygen atoms in total. The molecule has 0 bridgehead atoms. The van der Waals surface area contributed by atoms with Crippen molar-refractivity contribution in [3.63, 3.8) is 0 Å². The van der Waals surface area contributed by atoms with Gasteiger partial charge in [0.05, 0.1) is 23.7 Å². The third kappa shape index (κ3) is 5.01. The van der Waals surface area contributed by atoms with E-state index >= 15 is 0 Å². The molecular weight excluding hydrogens is 501 g/mol. The SMILES string of the molecule is COC(=O)C1(S(=O)(=O)c2ccc([C@@H](C)NC(=O)c3cc(-c4ccc(F)cc4)nn3C)cc2)CCOCC1. The number of carbonyl (C=O) groups is 2. The first-order valence-corrected chi connectivity index (χ1v) is 13.2. The lowest BCUT2D eigenvalue weighted by Crippen LogP contribution is -2.51. The maximum absolute atomic E-state index is 13.5. The molecule has 1 aromatic heterocycles. The maximum atomic E-state index is 13.5. The van der Waals surface area contributed by atoms with Gasteiger partial charge in [0.25, 0.3) is 5.91 Å². The summed E-state index contributed by atoms with van der Waals surface area (Å²) in [5, 5.41) is 7.23. The number of hydrogen-bond acceptors (Lipinski definition) is 7. The maximum Gasteiger partial charge on any atom is 0.327 e. The number of aryl methyl sites for hydroxylation is 1. The Labute approximate surface area is 214 Å². The number of hydrogen-bond donors (Lipinski definition) is 1. The fraction of sp³-hybridized carbons (Fsp3) is 0.346. The summed E-state index contributed by atoms with van der Waals surface area (Å²) in [7, 11) is -1.24. The molecular formula is C26H28FN3O6S. The van der Waals surface area contributed by atoms with Crippen molar-refractivity contribution in [3.05, 3.63) is 71.7 Å². The molecule has 3 aromatic rings. The Morgan fingerprint density at radius 3 is 2.32 bits per heavy atom. The topological polar surface area (TPSA) is 117 Å². The largest absolute Gasteiger partial charge is 0.468 e. The molecule has 11 heteroatoms. The summed E-state index contributed by atoms with van der Waals surface area (Å²) in [6.45, 7) is 2.06. The fourth-order valence-electron chi connectivity index (χ4n) is 4.43. The van der Waals surface area contributed by atoms with E-state index in [1.54, 1.807) is 44.3 Å². The van der Waals surface area contributed by atoms with E-state index in [1.165, 1.54) is 36.1 Å². The molecule has 0 unspecified atom stereocenters. The smallest absolute Gasteiger partial charge is 0.327 e. The van der Waals surface area contributed by atoms with Crippen molar-refractivity contribution in [2.75, 3.05) is 20.3 Å². The van der Waals surface area contributed by atoms with Crippen LogP contribution >= 0.6 is 0 Å². The number of nitrogens with zero attached hydrogens (tertiary/aromatic N) is 2. The van der Waals surface area contributed by atoms with Gasteiger partial charge in [0.1, 0.15) is 11.5 Å². The van der Waals surface area contributed by atoms with Gasteiger partial charge >= 0.3 is 5.97 Å². The summed E-state index contributed by atoms with van der Waals surface area (Å²) in [6, 6.07) is 13.1. The van der Waals surface area contributed by atoms with Gasteiger partial charge in [-0.1, -0.05) is 12.1 Å². The van der Waals surface area contributed by atoms with E-state index in [0.717, 1.165) is 0 Å². The number of ether oxygens (including phenoxy) is 2. The number of methoxy groups -OCH3 is 1. The van der Waals surface area contributed by atoms with Crippen molar-refractivity contribution >= 4 is 21.7 Å². The van der Waals surface area contributed by atoms with E-state index in [9.17, 15) is 22.4 Å². The molecule has 1 aliphatic heterocycles. The molecule has 0 spiro atoms. The third-order valence-electron chi connectivity index (χ3n) is 6.66. The van der Waals surface area contributed by atoms with Crippen LogP contribution in [0.1, 0.15) is 41.9 Å². The number of benzene rings is 2. The number of esters is 1. The molecule has 0 saturated carbocycles. The van der Waals surface area contributed by atoms with E-state index < -0.39 is 26.6 Å². The number of rotatable bonds is 7. The second-order valence-corrected chi connectivity index (χ2v) is 11.2. The first-order chi connectivity index (χ1) is 17.6. The normalized spacial score (nSPS) is 16.1. The fourth-order valence-corrected chi connectivity index (χ4v) is 6.38. The van der Waals surface area contributed by atoms with Crippen LogP contribution in [0, 0.1) is 5.82 Å². The molecule has 37 heavy (non-hydrogen) atoms. The van der Waals surface area contributed by atoms with Gasteiger partial charge in [0, 0.05) is 38.7 Å². The number of sulfone groups is 1. The molecule has 1 N–H and O–H groups in total. The Morgan fingerprint density at radius 1 is 1.11 bits per heavy atom. The molecule has 0 radical (unpaired) electrons. The van der Waals surface area contributed by atoms with Crippen LogP contribution in [0.25, 0.3) is 11.3 Å². The molecule has 2 heterocycles. The van der Waals surface area contributed by atoms with Crippen molar-refractivity contribution in [1.82, 2.24) is 15.1 Å². The summed E-state index contributed by atoms with van der Waals surface area (Å²) in [5.41, 5.74) is 2.19.